The Labute approximate surface area is 643 Å². The molecule has 12 heterocycles. The van der Waals surface area contributed by atoms with Crippen LogP contribution in [0.3, 0.4) is 0 Å². The van der Waals surface area contributed by atoms with Crippen LogP contribution < -0.4 is 28.5 Å². The lowest BCUT2D eigenvalue weighted by Crippen LogP contribution is -2.35. The molecule has 37 heteroatoms. The first-order valence-corrected chi connectivity index (χ1v) is 41.0. The molecule has 0 aromatic carbocycles. The fraction of sp³-hybridized carbons (Fsp3) is 0.722. The van der Waals surface area contributed by atoms with Gasteiger partial charge in [-0.3, -0.25) is 37.1 Å². The van der Waals surface area contributed by atoms with E-state index in [9.17, 15) is 19.1 Å². The lowest BCUT2D eigenvalue weighted by Gasteiger charge is -2.31. The summed E-state index contributed by atoms with van der Waals surface area (Å²) in [5.74, 6) is 1.05. The molecule has 8 aromatic heterocycles. The standard InChI is InChI=1S/C18H30N5O5P.C18H30N5O4PS.C18H29N5O3.C18H29N5O2/c1-17(2,3)8-12-11(27-29(24,25)28-18(4,5)6)7-13(26-12)23-10-22-14-15(19)20-9-21-16(14)23;1-17(2,3)8-12-11(26-28(24,29)27-18(4,5)6)7-13(25-12)23-10-22-14-15(19)20-9-21-16(14)23;1-17(2,3)8-11-10(26-18(4,5)6)7-12(25-11)23-9-20-13-14(23)21-16(19)22-15(13)24;1-17(2,3)8-12-11(25-18(4,5)6)7-13(24-12)23-10-22-14-15(19)20-9-21-16(14)23/h9-13H,7-8H2,1-6H3,(H,24,25)(H2,19,20,21);9-13H,7-8H2,1-6H3,(H,24,29)(H2,19,20,21);9-12H,7-8H2,1-6H3,(H3,19,21,22,24);9-13H,7-8H2,1-6H3,(H2,19,20,21)/t11-,12+,13+;11-,12+,13+,28?;10-,11+,12+;11-,12+,13+/m0000/s1. The van der Waals surface area contributed by atoms with Gasteiger partial charge in [0.15, 0.2) is 45.6 Å². The Kier molecular flexibility index (Phi) is 25.9. The van der Waals surface area contributed by atoms with Crippen LogP contribution in [-0.2, 0) is 62.9 Å². The summed E-state index contributed by atoms with van der Waals surface area (Å²) < 4.78 is 80.1. The first-order valence-electron chi connectivity index (χ1n) is 36.9. The molecular weight excluding hydrogens is 1460 g/mol. The number of nitrogens with one attached hydrogen (secondary N) is 1. The molecule has 34 nitrogen and oxygen atoms in total. The summed E-state index contributed by atoms with van der Waals surface area (Å²) in [5.41, 5.74) is 25.4. The van der Waals surface area contributed by atoms with Crippen LogP contribution >= 0.6 is 14.5 Å². The number of nitrogens with zero attached hydrogens (tertiary/aromatic N) is 15. The Morgan fingerprint density at radius 3 is 1.04 bits per heavy atom. The summed E-state index contributed by atoms with van der Waals surface area (Å²) >= 11 is 5.27. The molecule has 0 amide bonds. The number of H-pyrrole nitrogens is 1. The molecule has 0 bridgehead atoms. The molecule has 0 saturated carbocycles. The van der Waals surface area contributed by atoms with Crippen molar-refractivity contribution in [2.75, 3.05) is 22.9 Å². The highest BCUT2D eigenvalue weighted by atomic mass is 32.5. The predicted molar refractivity (Wildman–Crippen MR) is 419 cm³/mol. The minimum atomic E-state index is -4.28. The van der Waals surface area contributed by atoms with Crippen LogP contribution in [0.5, 0.6) is 0 Å². The van der Waals surface area contributed by atoms with Gasteiger partial charge in [-0.25, -0.2) is 54.4 Å². The average molecular weight is 1580 g/mol. The summed E-state index contributed by atoms with van der Waals surface area (Å²) in [6.45, 7) is 45.3. The van der Waals surface area contributed by atoms with Crippen molar-refractivity contribution in [1.29, 1.82) is 0 Å². The third kappa shape index (κ3) is 24.3. The number of phosphoric ester groups is 1. The number of ether oxygens (including phenoxy) is 6. The van der Waals surface area contributed by atoms with Gasteiger partial charge in [-0.05, 0) is 142 Å². The first kappa shape index (κ1) is 86.6. The quantitative estimate of drug-likeness (QED) is 0.0442. The second kappa shape index (κ2) is 32.6. The molecule has 4 fully saturated rings. The van der Waals surface area contributed by atoms with Crippen molar-refractivity contribution in [1.82, 2.24) is 78.1 Å². The molecule has 12 rings (SSSR count). The summed E-state index contributed by atoms with van der Waals surface area (Å²) in [6, 6.07) is 0. The summed E-state index contributed by atoms with van der Waals surface area (Å²) in [4.78, 5) is 81.5. The number of anilines is 4. The molecule has 109 heavy (non-hydrogen) atoms. The number of imidazole rings is 4. The molecular formula is C72H118N20O14P2S. The number of hydrogen-bond acceptors (Lipinski definition) is 28. The fourth-order valence-electron chi connectivity index (χ4n) is 13.5. The number of hydrogen-bond donors (Lipinski definition) is 7. The van der Waals surface area contributed by atoms with Gasteiger partial charge in [-0.2, -0.15) is 4.98 Å². The van der Waals surface area contributed by atoms with Gasteiger partial charge in [0, 0.05) is 25.7 Å². The second-order valence-electron chi connectivity index (χ2n) is 37.2. The molecule has 8 aromatic rings. The summed E-state index contributed by atoms with van der Waals surface area (Å²) in [5, 5.41) is 0. The van der Waals surface area contributed by atoms with Gasteiger partial charge >= 0.3 is 14.5 Å². The number of phosphoric acid groups is 1. The van der Waals surface area contributed by atoms with E-state index in [-0.39, 0.29) is 105 Å². The van der Waals surface area contributed by atoms with Crippen LogP contribution in [0.15, 0.2) is 49.1 Å². The normalized spacial score (nSPS) is 25.1. The average Bonchev–Trinajstić information content (AvgIpc) is 1.65. The Balaban J connectivity index is 0.000000168. The SMILES string of the molecule is CC(C)(C)C[C@H]1O[C@@H](n2cnc3c(=O)[nH]c(N)nc32)C[C@@H]1OC(C)(C)C.CC(C)(C)C[C@H]1O[C@@H](n2cnc3c(N)ncnc32)C[C@@H]1OC(C)(C)C.CC(C)(C)C[C@H]1O[C@@H](n2cnc3c(N)ncnc32)C[C@@H]1OP(=O)(O)OC(C)(C)C.CC(C)(C)C[C@H]1O[C@@H](n2cnc3c(N)ncnc32)C[C@@H]1OP(O)(=S)OC(C)(C)C. The zero-order chi connectivity index (χ0) is 80.9. The van der Waals surface area contributed by atoms with Crippen molar-refractivity contribution < 1.29 is 60.9 Å². The van der Waals surface area contributed by atoms with Crippen molar-refractivity contribution in [2.45, 2.75) is 314 Å². The third-order valence-electron chi connectivity index (χ3n) is 17.2. The van der Waals surface area contributed by atoms with E-state index in [2.05, 4.69) is 164 Å². The van der Waals surface area contributed by atoms with Gasteiger partial charge in [0.1, 0.15) is 60.4 Å². The molecule has 4 saturated heterocycles. The van der Waals surface area contributed by atoms with Gasteiger partial charge in [0.2, 0.25) is 5.95 Å². The maximum absolute atomic E-state index is 12.5. The Morgan fingerprint density at radius 2 is 0.725 bits per heavy atom. The van der Waals surface area contributed by atoms with Crippen molar-refractivity contribution >= 4 is 94.4 Å². The van der Waals surface area contributed by atoms with E-state index in [0.717, 1.165) is 25.7 Å². The number of fused-ring (bicyclic) bond motifs is 4. The molecule has 606 valence electrons. The minimum Gasteiger partial charge on any atom is -0.382 e. The minimum absolute atomic E-state index is 0.00628. The molecule has 2 unspecified atom stereocenters. The molecule has 0 spiro atoms. The zero-order valence-corrected chi connectivity index (χ0v) is 70.3. The van der Waals surface area contributed by atoms with Crippen LogP contribution in [0, 0.1) is 21.7 Å². The molecule has 4 aliphatic heterocycles. The molecule has 14 atom stereocenters. The largest absolute Gasteiger partial charge is 0.473 e. The Hall–Kier alpha value is -6.40. The lowest BCUT2D eigenvalue weighted by atomic mass is 9.87. The van der Waals surface area contributed by atoms with Gasteiger partial charge in [0.25, 0.3) is 5.56 Å². The van der Waals surface area contributed by atoms with Crippen molar-refractivity contribution in [3.8, 4) is 0 Å². The lowest BCUT2D eigenvalue weighted by molar-refractivity contribution is -0.102. The Bertz CT molecular complexity index is 4370. The van der Waals surface area contributed by atoms with E-state index in [1.54, 1.807) is 55.2 Å². The van der Waals surface area contributed by atoms with E-state index >= 15 is 0 Å². The molecule has 0 radical (unpaired) electrons. The van der Waals surface area contributed by atoms with Gasteiger partial charge in [-0.15, -0.1) is 0 Å². The first-order chi connectivity index (χ1) is 49.9. The number of aromatic nitrogens is 16. The number of rotatable bonds is 16. The van der Waals surface area contributed by atoms with Crippen LogP contribution in [0.25, 0.3) is 44.7 Å². The van der Waals surface area contributed by atoms with Crippen LogP contribution in [0.2, 0.25) is 0 Å². The zero-order valence-electron chi connectivity index (χ0n) is 67.7. The van der Waals surface area contributed by atoms with Crippen LogP contribution in [0.4, 0.5) is 23.4 Å². The van der Waals surface area contributed by atoms with Crippen LogP contribution in [-0.4, -0.2) is 159 Å². The van der Waals surface area contributed by atoms with Crippen molar-refractivity contribution in [3.05, 3.63) is 54.6 Å². The monoisotopic (exact) mass is 1580 g/mol. The number of nitrogens with two attached hydrogens (primary N) is 4. The predicted octanol–water partition coefficient (Wildman–Crippen LogP) is 12.9. The Morgan fingerprint density at radius 1 is 0.431 bits per heavy atom. The summed E-state index contributed by atoms with van der Waals surface area (Å²) in [6.07, 6.45) is 13.1. The highest BCUT2D eigenvalue weighted by Crippen LogP contribution is 2.54. The van der Waals surface area contributed by atoms with Crippen LogP contribution in [0.1, 0.15) is 242 Å². The topological polar surface area (TPSA) is 448 Å². The van der Waals surface area contributed by atoms with Gasteiger partial charge in [0.05, 0.1) is 96.5 Å². The maximum Gasteiger partial charge on any atom is 0.473 e. The fourth-order valence-corrected chi connectivity index (χ4v) is 17.1. The highest BCUT2D eigenvalue weighted by Gasteiger charge is 2.48. The van der Waals surface area contributed by atoms with E-state index in [0.29, 0.717) is 76.5 Å². The van der Waals surface area contributed by atoms with Crippen molar-refractivity contribution in [3.63, 3.8) is 0 Å². The van der Waals surface area contributed by atoms with Gasteiger partial charge in [-0.1, -0.05) is 83.1 Å². The summed E-state index contributed by atoms with van der Waals surface area (Å²) in [7, 11) is -4.28. The van der Waals surface area contributed by atoms with E-state index < -0.39 is 50.3 Å². The molecule has 11 N–H and O–H groups in total. The second-order valence-corrected chi connectivity index (χ2v) is 41.3. The van der Waals surface area contributed by atoms with Gasteiger partial charge < -0.3 is 70.2 Å². The molecule has 4 aliphatic rings. The molecule has 0 aliphatic carbocycles. The number of nitrogen functional groups attached to an aromatic ring is 4. The number of aromatic amines is 1. The smallest absolute Gasteiger partial charge is 0.382 e. The highest BCUT2D eigenvalue weighted by molar-refractivity contribution is 8.07. The van der Waals surface area contributed by atoms with E-state index in [1.165, 1.54) is 19.0 Å². The van der Waals surface area contributed by atoms with E-state index in [1.807, 2.05) is 50.7 Å². The van der Waals surface area contributed by atoms with E-state index in [4.69, 9.17) is 81.3 Å². The maximum atomic E-state index is 12.5. The third-order valence-corrected chi connectivity index (χ3v) is 20.3. The van der Waals surface area contributed by atoms with Crippen molar-refractivity contribution in [2.24, 2.45) is 21.7 Å².